The molecule has 3 aromatic rings. The number of aromatic nitrogens is 1. The highest BCUT2D eigenvalue weighted by Crippen LogP contribution is 2.42. The van der Waals surface area contributed by atoms with Crippen LogP contribution >= 0.6 is 23.5 Å². The van der Waals surface area contributed by atoms with Crippen molar-refractivity contribution in [1.82, 2.24) is 36.1 Å². The number of β-lactam (4-membered cyclic amide) rings is 2. The van der Waals surface area contributed by atoms with Crippen molar-refractivity contribution in [3.8, 4) is 0 Å². The number of pyridine rings is 1. The lowest BCUT2D eigenvalue weighted by atomic mass is 9.94. The van der Waals surface area contributed by atoms with Crippen molar-refractivity contribution in [2.75, 3.05) is 11.5 Å². The molecular formula is C39H43N7O8S2. The molecule has 4 aliphatic heterocycles. The number of carboxylic acid groups (broad SMARTS) is 2. The summed E-state index contributed by atoms with van der Waals surface area (Å²) in [6.45, 7) is 3.97. The molecule has 4 aliphatic rings. The lowest BCUT2D eigenvalue weighted by Gasteiger charge is -2.53. The highest BCUT2D eigenvalue weighted by atomic mass is 32.2. The normalized spacial score (nSPS) is 27.8. The first-order valence-corrected chi connectivity index (χ1v) is 20.5. The van der Waals surface area contributed by atoms with Gasteiger partial charge in [0.25, 0.3) is 0 Å². The molecule has 0 bridgehead atoms. The molecule has 2 aromatic carbocycles. The first-order valence-electron chi connectivity index (χ1n) is 18.4. The van der Waals surface area contributed by atoms with E-state index in [4.69, 9.17) is 4.98 Å². The first kappa shape index (κ1) is 39.3. The van der Waals surface area contributed by atoms with E-state index in [0.717, 1.165) is 0 Å². The lowest BCUT2D eigenvalue weighted by Crippen LogP contribution is -2.75. The Balaban J connectivity index is 1.00. The second-order valence-electron chi connectivity index (χ2n) is 14.5. The van der Waals surface area contributed by atoms with Gasteiger partial charge in [0.2, 0.25) is 23.6 Å². The largest absolute Gasteiger partial charge is 0.480 e. The first-order chi connectivity index (χ1) is 26.9. The van der Waals surface area contributed by atoms with E-state index < -0.39 is 82.6 Å². The van der Waals surface area contributed by atoms with E-state index in [1.807, 2.05) is 42.5 Å². The molecule has 7 rings (SSSR count). The maximum Gasteiger partial charge on any atom is 0.326 e. The van der Waals surface area contributed by atoms with E-state index in [1.54, 1.807) is 50.2 Å². The molecule has 294 valence electrons. The van der Waals surface area contributed by atoms with E-state index in [2.05, 4.69) is 21.3 Å². The maximum atomic E-state index is 13.8. The zero-order chi connectivity index (χ0) is 39.7. The summed E-state index contributed by atoms with van der Waals surface area (Å²) in [7, 11) is 0. The number of benzene rings is 2. The number of carbonyl (C=O) groups excluding carboxylic acids is 4. The lowest BCUT2D eigenvalue weighted by molar-refractivity contribution is -0.165. The molecule has 0 aliphatic carbocycles. The summed E-state index contributed by atoms with van der Waals surface area (Å²) < 4.78 is 0. The van der Waals surface area contributed by atoms with Gasteiger partial charge in [0.15, 0.2) is 0 Å². The van der Waals surface area contributed by atoms with Crippen LogP contribution in [0.2, 0.25) is 0 Å². The van der Waals surface area contributed by atoms with Crippen LogP contribution in [-0.2, 0) is 41.9 Å². The number of hydrogen-bond acceptors (Lipinski definition) is 11. The van der Waals surface area contributed by atoms with Crippen molar-refractivity contribution in [3.63, 3.8) is 0 Å². The molecule has 17 heteroatoms. The van der Waals surface area contributed by atoms with Gasteiger partial charge < -0.3 is 30.6 Å². The summed E-state index contributed by atoms with van der Waals surface area (Å²) in [5, 5.41) is 30.9. The highest BCUT2D eigenvalue weighted by molar-refractivity contribution is 8.00. The molecule has 4 saturated heterocycles. The average Bonchev–Trinajstić information content (AvgIpc) is 3.19. The Hall–Kier alpha value is -4.97. The van der Waals surface area contributed by atoms with E-state index in [0.29, 0.717) is 34.0 Å². The minimum absolute atomic E-state index is 0.181. The molecule has 4 fully saturated rings. The molecule has 0 spiro atoms. The third-order valence-electron chi connectivity index (χ3n) is 10.6. The van der Waals surface area contributed by atoms with Gasteiger partial charge in [0.1, 0.15) is 47.0 Å². The Bertz CT molecular complexity index is 1860. The number of nitrogens with zero attached hydrogens (tertiary/aromatic N) is 3. The van der Waals surface area contributed by atoms with Crippen molar-refractivity contribution in [2.45, 2.75) is 73.9 Å². The molecule has 1 aromatic heterocycles. The summed E-state index contributed by atoms with van der Waals surface area (Å²) in [6.07, 6.45) is 0. The molecule has 4 amide bonds. The molecule has 15 nitrogen and oxygen atoms in total. The molecule has 10 atom stereocenters. The van der Waals surface area contributed by atoms with E-state index in [9.17, 15) is 39.0 Å². The van der Waals surface area contributed by atoms with Gasteiger partial charge in [-0.15, -0.1) is 23.5 Å². The Kier molecular flexibility index (Phi) is 11.7. The van der Waals surface area contributed by atoms with Crippen LogP contribution in [0.3, 0.4) is 0 Å². The second kappa shape index (κ2) is 16.6. The molecule has 56 heavy (non-hydrogen) atoms. The summed E-state index contributed by atoms with van der Waals surface area (Å²) in [5.41, 5.74) is 2.57. The van der Waals surface area contributed by atoms with E-state index in [-0.39, 0.29) is 24.9 Å². The van der Waals surface area contributed by atoms with Crippen LogP contribution in [0.25, 0.3) is 0 Å². The standard InChI is InChI=1S/C39H43N7O8S2/c1-20-18-55-36-28(34(49)45(36)30(20)38(51)52)43-32(47)26(22-10-5-3-6-11-22)40-16-24-14-9-15-25(42-24)17-41-27(23-12-7-4-8-13-23)33(48)44-29-35(50)46-31(39(53)54)21(2)19-56-37(29)46/h3-15,20-21,26-31,36-37,40-41H,16-19H2,1-2H3,(H,43,47)(H,44,48)(H,51,52)(H,53,54)/t20?,21?,26-,27+,28?,29?,30?,31?,36?,37?. The van der Waals surface area contributed by atoms with Gasteiger partial charge in [-0.2, -0.15) is 0 Å². The van der Waals surface area contributed by atoms with Gasteiger partial charge in [-0.3, -0.25) is 34.8 Å². The minimum atomic E-state index is -1.06. The van der Waals surface area contributed by atoms with Gasteiger partial charge in [0.05, 0.1) is 11.4 Å². The Labute approximate surface area is 331 Å². The van der Waals surface area contributed by atoms with Gasteiger partial charge in [-0.05, 0) is 35.1 Å². The van der Waals surface area contributed by atoms with E-state index >= 15 is 0 Å². The van der Waals surface area contributed by atoms with Gasteiger partial charge >= 0.3 is 11.9 Å². The number of nitrogens with one attached hydrogen (secondary N) is 4. The van der Waals surface area contributed by atoms with Crippen LogP contribution in [0.5, 0.6) is 0 Å². The second-order valence-corrected chi connectivity index (χ2v) is 16.8. The Morgan fingerprint density at radius 2 is 1.05 bits per heavy atom. The number of fused-ring (bicyclic) bond motifs is 2. The average molecular weight is 802 g/mol. The number of rotatable bonds is 14. The summed E-state index contributed by atoms with van der Waals surface area (Å²) in [6, 6.07) is 18.3. The fourth-order valence-electron chi connectivity index (χ4n) is 7.77. The molecule has 5 heterocycles. The molecular weight excluding hydrogens is 759 g/mol. The number of carboxylic acids is 2. The fraction of sp³-hybridized carbons (Fsp3) is 0.410. The molecule has 8 unspecified atom stereocenters. The topological polar surface area (TPSA) is 210 Å². The van der Waals surface area contributed by atoms with Crippen LogP contribution < -0.4 is 21.3 Å². The van der Waals surface area contributed by atoms with Crippen LogP contribution in [0.1, 0.15) is 48.4 Å². The van der Waals surface area contributed by atoms with Crippen molar-refractivity contribution in [2.24, 2.45) is 11.8 Å². The monoisotopic (exact) mass is 801 g/mol. The summed E-state index contributed by atoms with van der Waals surface area (Å²) in [4.78, 5) is 85.2. The molecule has 0 radical (unpaired) electrons. The number of hydrogen-bond donors (Lipinski definition) is 6. The number of thioether (sulfide) groups is 2. The predicted molar refractivity (Wildman–Crippen MR) is 208 cm³/mol. The van der Waals surface area contributed by atoms with Crippen molar-refractivity contribution >= 4 is 59.1 Å². The SMILES string of the molecule is CC1CSC2C(NC(=O)[C@@H](NCc3cccc(CN[C@@H](C(=O)NC4C(=O)N5C4SCC(C)C5C(=O)O)c4ccccc4)n3)c3ccccc3)C(=O)N2C1C(=O)O. The van der Waals surface area contributed by atoms with E-state index in [1.165, 1.54) is 33.3 Å². The molecule has 6 N–H and O–H groups in total. The van der Waals surface area contributed by atoms with Crippen LogP contribution in [0.4, 0.5) is 0 Å². The molecule has 0 saturated carbocycles. The highest BCUT2D eigenvalue weighted by Gasteiger charge is 2.58. The zero-order valence-corrected chi connectivity index (χ0v) is 32.2. The quantitative estimate of drug-likeness (QED) is 0.129. The minimum Gasteiger partial charge on any atom is -0.480 e. The van der Waals surface area contributed by atoms with Crippen molar-refractivity contribution in [3.05, 3.63) is 101 Å². The van der Waals surface area contributed by atoms with Crippen molar-refractivity contribution < 1.29 is 39.0 Å². The Morgan fingerprint density at radius 3 is 1.43 bits per heavy atom. The van der Waals surface area contributed by atoms with Gasteiger partial charge in [-0.1, -0.05) is 80.6 Å². The van der Waals surface area contributed by atoms with Gasteiger partial charge in [-0.25, -0.2) is 9.59 Å². The Morgan fingerprint density at radius 1 is 0.661 bits per heavy atom. The third-order valence-corrected chi connectivity index (χ3v) is 13.7. The van der Waals surface area contributed by atoms with Crippen molar-refractivity contribution in [1.29, 1.82) is 0 Å². The van der Waals surface area contributed by atoms with Gasteiger partial charge in [0, 0.05) is 24.6 Å². The number of carbonyl (C=O) groups is 6. The van der Waals surface area contributed by atoms with Crippen LogP contribution in [0.15, 0.2) is 78.9 Å². The number of amides is 4. The smallest absolute Gasteiger partial charge is 0.326 e. The summed E-state index contributed by atoms with van der Waals surface area (Å²) >= 11 is 2.93. The fourth-order valence-corrected chi connectivity index (χ4v) is 10.7. The third kappa shape index (κ3) is 7.72. The summed E-state index contributed by atoms with van der Waals surface area (Å²) in [5.74, 6) is -3.12. The number of aliphatic carboxylic acids is 2. The zero-order valence-electron chi connectivity index (χ0n) is 30.6. The van der Waals surface area contributed by atoms with Crippen LogP contribution in [-0.4, -0.2) is 107 Å². The van der Waals surface area contributed by atoms with Crippen LogP contribution in [0, 0.1) is 11.8 Å². The maximum absolute atomic E-state index is 13.8. The predicted octanol–water partition coefficient (Wildman–Crippen LogP) is 1.72.